The van der Waals surface area contributed by atoms with Gasteiger partial charge in [0, 0.05) is 5.75 Å². The fourth-order valence-electron chi connectivity index (χ4n) is 1.97. The van der Waals surface area contributed by atoms with Gasteiger partial charge in [-0.3, -0.25) is 10.1 Å². The Kier molecular flexibility index (Phi) is 7.05. The summed E-state index contributed by atoms with van der Waals surface area (Å²) in [5, 5.41) is 11.4. The summed E-state index contributed by atoms with van der Waals surface area (Å²) in [6.45, 7) is 8.12. The molecule has 1 aromatic carbocycles. The fourth-order valence-corrected chi connectivity index (χ4v) is 3.65. The van der Waals surface area contributed by atoms with E-state index in [-0.39, 0.29) is 5.91 Å². The highest BCUT2D eigenvalue weighted by Gasteiger charge is 2.20. The lowest BCUT2D eigenvalue weighted by Crippen LogP contribution is -2.32. The number of rotatable bonds is 8. The van der Waals surface area contributed by atoms with E-state index < -0.39 is 6.10 Å². The summed E-state index contributed by atoms with van der Waals surface area (Å²) in [6, 6.07) is 5.84. The summed E-state index contributed by atoms with van der Waals surface area (Å²) in [7, 11) is 0. The molecule has 0 radical (unpaired) electrons. The van der Waals surface area contributed by atoms with Gasteiger partial charge in [-0.2, -0.15) is 0 Å². The zero-order valence-electron chi connectivity index (χ0n) is 14.5. The van der Waals surface area contributed by atoms with Crippen molar-refractivity contribution in [1.29, 1.82) is 0 Å². The van der Waals surface area contributed by atoms with Crippen molar-refractivity contribution < 1.29 is 9.53 Å². The largest absolute Gasteiger partial charge is 0.481 e. The van der Waals surface area contributed by atoms with Gasteiger partial charge in [-0.1, -0.05) is 43.0 Å². The van der Waals surface area contributed by atoms with Gasteiger partial charge < -0.3 is 4.74 Å². The van der Waals surface area contributed by atoms with Crippen molar-refractivity contribution in [3.05, 3.63) is 29.3 Å². The van der Waals surface area contributed by atoms with Gasteiger partial charge in [-0.25, -0.2) is 0 Å². The zero-order chi connectivity index (χ0) is 17.5. The Morgan fingerprint density at radius 2 is 2.08 bits per heavy atom. The predicted octanol–water partition coefficient (Wildman–Crippen LogP) is 4.45. The van der Waals surface area contributed by atoms with E-state index in [1.807, 2.05) is 39.0 Å². The molecule has 0 unspecified atom stereocenters. The number of amides is 1. The molecule has 0 aliphatic rings. The Morgan fingerprint density at radius 1 is 1.29 bits per heavy atom. The molecule has 0 saturated carbocycles. The number of nitrogens with zero attached hydrogens (tertiary/aromatic N) is 2. The lowest BCUT2D eigenvalue weighted by atomic mass is 10.1. The maximum absolute atomic E-state index is 12.4. The molecule has 130 valence electrons. The van der Waals surface area contributed by atoms with Crippen molar-refractivity contribution in [2.24, 2.45) is 0 Å². The van der Waals surface area contributed by atoms with Crippen LogP contribution in [0, 0.1) is 13.8 Å². The molecule has 0 bridgehead atoms. The van der Waals surface area contributed by atoms with Gasteiger partial charge in [-0.15, -0.1) is 10.2 Å². The molecule has 7 heteroatoms. The van der Waals surface area contributed by atoms with E-state index in [4.69, 9.17) is 4.74 Å². The number of aryl methyl sites for hydroxylation is 2. The molecule has 24 heavy (non-hydrogen) atoms. The van der Waals surface area contributed by atoms with Gasteiger partial charge in [0.2, 0.25) is 5.13 Å². The molecule has 1 N–H and O–H groups in total. The lowest BCUT2D eigenvalue weighted by molar-refractivity contribution is -0.122. The molecule has 2 rings (SSSR count). The van der Waals surface area contributed by atoms with Crippen molar-refractivity contribution in [3.63, 3.8) is 0 Å². The van der Waals surface area contributed by atoms with Gasteiger partial charge in [0.1, 0.15) is 5.75 Å². The molecule has 1 atom stereocenters. The summed E-state index contributed by atoms with van der Waals surface area (Å²) in [5.74, 6) is 1.51. The lowest BCUT2D eigenvalue weighted by Gasteiger charge is -2.17. The molecular formula is C17H23N3O2S2. The maximum atomic E-state index is 12.4. The van der Waals surface area contributed by atoms with Crippen LogP contribution >= 0.6 is 23.1 Å². The molecule has 0 saturated heterocycles. The average Bonchev–Trinajstić information content (AvgIpc) is 3.01. The van der Waals surface area contributed by atoms with E-state index in [0.717, 1.165) is 22.1 Å². The molecule has 5 nitrogen and oxygen atoms in total. The normalized spacial score (nSPS) is 12.0. The first-order valence-electron chi connectivity index (χ1n) is 8.04. The SMILES string of the molecule is CCCSc1nnc(NC(=O)[C@@H](CC)Oc2ccc(C)c(C)c2)s1. The van der Waals surface area contributed by atoms with Gasteiger partial charge in [-0.05, 0) is 49.9 Å². The van der Waals surface area contributed by atoms with Crippen LogP contribution in [0.15, 0.2) is 22.5 Å². The van der Waals surface area contributed by atoms with Crippen LogP contribution in [0.25, 0.3) is 0 Å². The summed E-state index contributed by atoms with van der Waals surface area (Å²) >= 11 is 3.04. The minimum absolute atomic E-state index is 0.195. The monoisotopic (exact) mass is 365 g/mol. The second-order valence-electron chi connectivity index (χ2n) is 5.47. The minimum Gasteiger partial charge on any atom is -0.481 e. The van der Waals surface area contributed by atoms with E-state index >= 15 is 0 Å². The first-order chi connectivity index (χ1) is 11.5. The summed E-state index contributed by atoms with van der Waals surface area (Å²) in [5.41, 5.74) is 2.34. The second kappa shape index (κ2) is 9.03. The quantitative estimate of drug-likeness (QED) is 0.553. The number of anilines is 1. The second-order valence-corrected chi connectivity index (χ2v) is 7.79. The number of aromatic nitrogens is 2. The Labute approximate surface area is 151 Å². The van der Waals surface area contributed by atoms with Crippen LogP contribution in [0.1, 0.15) is 37.8 Å². The molecule has 0 spiro atoms. The van der Waals surface area contributed by atoms with Crippen molar-refractivity contribution in [2.45, 2.75) is 51.0 Å². The van der Waals surface area contributed by atoms with E-state index in [2.05, 4.69) is 22.4 Å². The maximum Gasteiger partial charge on any atom is 0.267 e. The Balaban J connectivity index is 1.97. The number of carbonyl (C=O) groups excluding carboxylic acids is 1. The Bertz CT molecular complexity index is 688. The number of benzene rings is 1. The third-order valence-corrected chi connectivity index (χ3v) is 5.66. The topological polar surface area (TPSA) is 64.1 Å². The van der Waals surface area contributed by atoms with Crippen LogP contribution in [0.5, 0.6) is 5.75 Å². The number of hydrogen-bond acceptors (Lipinski definition) is 6. The number of nitrogens with one attached hydrogen (secondary N) is 1. The van der Waals surface area contributed by atoms with Gasteiger partial charge >= 0.3 is 0 Å². The molecule has 0 fully saturated rings. The van der Waals surface area contributed by atoms with E-state index in [0.29, 0.717) is 17.3 Å². The smallest absolute Gasteiger partial charge is 0.267 e. The molecule has 1 heterocycles. The average molecular weight is 366 g/mol. The Morgan fingerprint density at radius 3 is 2.75 bits per heavy atom. The predicted molar refractivity (Wildman–Crippen MR) is 100 cm³/mol. The number of thioether (sulfide) groups is 1. The first kappa shape index (κ1) is 18.7. The van der Waals surface area contributed by atoms with Crippen LogP contribution in [-0.2, 0) is 4.79 Å². The highest BCUT2D eigenvalue weighted by atomic mass is 32.2. The molecule has 0 aliphatic heterocycles. The van der Waals surface area contributed by atoms with Crippen LogP contribution in [-0.4, -0.2) is 28.0 Å². The highest BCUT2D eigenvalue weighted by molar-refractivity contribution is 8.01. The molecule has 1 aromatic heterocycles. The van der Waals surface area contributed by atoms with Crippen molar-refractivity contribution in [2.75, 3.05) is 11.1 Å². The van der Waals surface area contributed by atoms with E-state index in [1.165, 1.54) is 16.9 Å². The van der Waals surface area contributed by atoms with Crippen molar-refractivity contribution >= 4 is 34.1 Å². The summed E-state index contributed by atoms with van der Waals surface area (Å²) in [6.07, 6.45) is 1.10. The zero-order valence-corrected chi connectivity index (χ0v) is 16.1. The van der Waals surface area contributed by atoms with Crippen molar-refractivity contribution in [3.8, 4) is 5.75 Å². The summed E-state index contributed by atoms with van der Waals surface area (Å²) < 4.78 is 6.71. The molecule has 1 amide bonds. The molecule has 0 aliphatic carbocycles. The van der Waals surface area contributed by atoms with Crippen molar-refractivity contribution in [1.82, 2.24) is 10.2 Å². The standard InChI is InChI=1S/C17H23N3O2S2/c1-5-9-23-17-20-19-16(24-17)18-15(21)14(6-2)22-13-8-7-11(3)12(4)10-13/h7-8,10,14H,5-6,9H2,1-4H3,(H,18,19,21)/t14-/m1/s1. The van der Waals surface area contributed by atoms with Gasteiger partial charge in [0.15, 0.2) is 10.4 Å². The Hall–Kier alpha value is -1.60. The minimum atomic E-state index is -0.553. The number of carbonyl (C=O) groups is 1. The fraction of sp³-hybridized carbons (Fsp3) is 0.471. The van der Waals surface area contributed by atoms with Crippen LogP contribution < -0.4 is 10.1 Å². The third-order valence-electron chi connectivity index (χ3n) is 3.49. The van der Waals surface area contributed by atoms with Gasteiger partial charge in [0.05, 0.1) is 0 Å². The first-order valence-corrected chi connectivity index (χ1v) is 9.84. The molecular weight excluding hydrogens is 342 g/mol. The van der Waals surface area contributed by atoms with Gasteiger partial charge in [0.25, 0.3) is 5.91 Å². The van der Waals surface area contributed by atoms with E-state index in [9.17, 15) is 4.79 Å². The van der Waals surface area contributed by atoms with Crippen LogP contribution in [0.4, 0.5) is 5.13 Å². The van der Waals surface area contributed by atoms with Crippen LogP contribution in [0.2, 0.25) is 0 Å². The summed E-state index contributed by atoms with van der Waals surface area (Å²) in [4.78, 5) is 12.4. The van der Waals surface area contributed by atoms with Crippen LogP contribution in [0.3, 0.4) is 0 Å². The third kappa shape index (κ3) is 5.21. The number of ether oxygens (including phenoxy) is 1. The highest BCUT2D eigenvalue weighted by Crippen LogP contribution is 2.26. The molecule has 2 aromatic rings. The van der Waals surface area contributed by atoms with E-state index in [1.54, 1.807) is 11.8 Å². The number of hydrogen-bond donors (Lipinski definition) is 1.